The van der Waals surface area contributed by atoms with E-state index in [4.69, 9.17) is 11.6 Å². The van der Waals surface area contributed by atoms with Crippen molar-refractivity contribution in [2.24, 2.45) is 0 Å². The van der Waals surface area contributed by atoms with Gasteiger partial charge < -0.3 is 0 Å². The summed E-state index contributed by atoms with van der Waals surface area (Å²) >= 11 is 6.47. The van der Waals surface area contributed by atoms with E-state index in [0.29, 0.717) is 5.02 Å². The molecule has 26 heavy (non-hydrogen) atoms. The SMILES string of the molecule is OC(c1ccccc1Cl)c1cc(-c2ccccc2)[se]c1-c1ccccc1. The molecule has 1 N–H and O–H groups in total. The molecule has 1 unspecified atom stereocenters. The second kappa shape index (κ2) is 7.65. The molecule has 3 aromatic carbocycles. The van der Waals surface area contributed by atoms with E-state index in [9.17, 15) is 5.11 Å². The van der Waals surface area contributed by atoms with Crippen molar-refractivity contribution in [2.75, 3.05) is 0 Å². The molecule has 0 bridgehead atoms. The van der Waals surface area contributed by atoms with Gasteiger partial charge in [0, 0.05) is 0 Å². The number of halogens is 1. The fourth-order valence-electron chi connectivity index (χ4n) is 3.03. The van der Waals surface area contributed by atoms with Crippen molar-refractivity contribution in [2.45, 2.75) is 6.10 Å². The Morgan fingerprint density at radius 1 is 0.692 bits per heavy atom. The molecule has 0 amide bonds. The zero-order valence-electron chi connectivity index (χ0n) is 14.0. The molecule has 1 heterocycles. The summed E-state index contributed by atoms with van der Waals surface area (Å²) in [6, 6.07) is 30.4. The Morgan fingerprint density at radius 3 is 1.92 bits per heavy atom. The van der Waals surface area contributed by atoms with Crippen LogP contribution in [0.3, 0.4) is 0 Å². The van der Waals surface area contributed by atoms with Crippen molar-refractivity contribution in [1.29, 1.82) is 0 Å². The number of aliphatic hydroxyl groups is 1. The molecule has 0 aliphatic carbocycles. The first-order valence-electron chi connectivity index (χ1n) is 8.41. The van der Waals surface area contributed by atoms with Gasteiger partial charge in [0.1, 0.15) is 0 Å². The summed E-state index contributed by atoms with van der Waals surface area (Å²) in [7, 11) is 0. The van der Waals surface area contributed by atoms with E-state index in [0.717, 1.165) is 16.7 Å². The minimum absolute atomic E-state index is 0.125. The number of hydrogen-bond acceptors (Lipinski definition) is 1. The molecule has 0 fully saturated rings. The number of rotatable bonds is 4. The van der Waals surface area contributed by atoms with Crippen molar-refractivity contribution in [3.63, 3.8) is 0 Å². The van der Waals surface area contributed by atoms with E-state index in [1.807, 2.05) is 48.5 Å². The van der Waals surface area contributed by atoms with E-state index < -0.39 is 6.10 Å². The predicted molar refractivity (Wildman–Crippen MR) is 110 cm³/mol. The van der Waals surface area contributed by atoms with E-state index in [-0.39, 0.29) is 14.5 Å². The molecule has 1 aromatic heterocycles. The number of aliphatic hydroxyl groups excluding tert-OH is 1. The van der Waals surface area contributed by atoms with Crippen LogP contribution in [0.4, 0.5) is 0 Å². The summed E-state index contributed by atoms with van der Waals surface area (Å²) in [5.41, 5.74) is 4.07. The molecule has 0 spiro atoms. The second-order valence-corrected chi connectivity index (χ2v) is 8.67. The van der Waals surface area contributed by atoms with E-state index in [1.165, 1.54) is 14.4 Å². The molecule has 128 valence electrons. The van der Waals surface area contributed by atoms with Gasteiger partial charge in [0.2, 0.25) is 0 Å². The maximum absolute atomic E-state index is 11.1. The zero-order chi connectivity index (χ0) is 17.9. The molecule has 0 saturated carbocycles. The third-order valence-corrected chi connectivity index (χ3v) is 7.31. The van der Waals surface area contributed by atoms with Crippen LogP contribution in [0.15, 0.2) is 91.0 Å². The van der Waals surface area contributed by atoms with Gasteiger partial charge in [-0.25, -0.2) is 0 Å². The normalized spacial score (nSPS) is 12.1. The number of benzene rings is 3. The van der Waals surface area contributed by atoms with Crippen molar-refractivity contribution in [3.05, 3.63) is 107 Å². The maximum atomic E-state index is 11.1. The summed E-state index contributed by atoms with van der Waals surface area (Å²) in [6.07, 6.45) is -0.734. The molecule has 0 radical (unpaired) electrons. The van der Waals surface area contributed by atoms with Gasteiger partial charge in [0.25, 0.3) is 0 Å². The van der Waals surface area contributed by atoms with E-state index in [2.05, 4.69) is 42.5 Å². The summed E-state index contributed by atoms with van der Waals surface area (Å²) in [5.74, 6) is 0. The summed E-state index contributed by atoms with van der Waals surface area (Å²) in [5, 5.41) is 11.7. The average molecular weight is 424 g/mol. The second-order valence-electron chi connectivity index (χ2n) is 6.05. The number of hydrogen-bond donors (Lipinski definition) is 1. The van der Waals surface area contributed by atoms with Crippen LogP contribution < -0.4 is 0 Å². The Balaban J connectivity index is 1.87. The minimum atomic E-state index is -0.734. The van der Waals surface area contributed by atoms with Gasteiger partial charge in [-0.2, -0.15) is 0 Å². The molecule has 1 atom stereocenters. The zero-order valence-corrected chi connectivity index (χ0v) is 16.4. The molecule has 4 rings (SSSR count). The van der Waals surface area contributed by atoms with Crippen molar-refractivity contribution in [3.8, 4) is 20.0 Å². The molecular weight excluding hydrogens is 407 g/mol. The first-order valence-corrected chi connectivity index (χ1v) is 10.5. The molecule has 0 aliphatic heterocycles. The quantitative estimate of drug-likeness (QED) is 0.410. The van der Waals surface area contributed by atoms with Gasteiger partial charge in [-0.05, 0) is 0 Å². The standard InChI is InChI=1S/C23H17ClOSe/c24-20-14-8-7-13-18(20)22(25)19-15-21(16-9-3-1-4-10-16)26-23(19)17-11-5-2-6-12-17/h1-15,22,25H. The Morgan fingerprint density at radius 2 is 1.27 bits per heavy atom. The fraction of sp³-hybridized carbons (Fsp3) is 0.0435. The van der Waals surface area contributed by atoms with Gasteiger partial charge in [0.05, 0.1) is 0 Å². The molecule has 0 saturated heterocycles. The Labute approximate surface area is 164 Å². The van der Waals surface area contributed by atoms with Gasteiger partial charge in [0.15, 0.2) is 0 Å². The topological polar surface area (TPSA) is 20.2 Å². The van der Waals surface area contributed by atoms with Gasteiger partial charge >= 0.3 is 164 Å². The van der Waals surface area contributed by atoms with E-state index >= 15 is 0 Å². The first-order chi connectivity index (χ1) is 12.7. The summed E-state index contributed by atoms with van der Waals surface area (Å²) < 4.78 is 2.49. The van der Waals surface area contributed by atoms with Crippen LogP contribution in [0.25, 0.3) is 20.0 Å². The first kappa shape index (κ1) is 17.3. The van der Waals surface area contributed by atoms with E-state index in [1.54, 1.807) is 0 Å². The van der Waals surface area contributed by atoms with Gasteiger partial charge in [-0.3, -0.25) is 0 Å². The predicted octanol–water partition coefficient (Wildman–Crippen LogP) is 5.81. The van der Waals surface area contributed by atoms with Gasteiger partial charge in [-0.15, -0.1) is 0 Å². The molecule has 0 aliphatic rings. The van der Waals surface area contributed by atoms with Crippen LogP contribution in [-0.4, -0.2) is 19.6 Å². The van der Waals surface area contributed by atoms with Crippen LogP contribution >= 0.6 is 11.6 Å². The van der Waals surface area contributed by atoms with Crippen molar-refractivity contribution < 1.29 is 5.11 Å². The van der Waals surface area contributed by atoms with Crippen LogP contribution in [0.2, 0.25) is 5.02 Å². The molecule has 4 aromatic rings. The van der Waals surface area contributed by atoms with Crippen LogP contribution in [0, 0.1) is 0 Å². The monoisotopic (exact) mass is 424 g/mol. The fourth-order valence-corrected chi connectivity index (χ4v) is 5.79. The van der Waals surface area contributed by atoms with Crippen LogP contribution in [-0.2, 0) is 0 Å². The molecule has 1 nitrogen and oxygen atoms in total. The average Bonchev–Trinajstić information content (AvgIpc) is 3.15. The van der Waals surface area contributed by atoms with Crippen LogP contribution in [0.5, 0.6) is 0 Å². The van der Waals surface area contributed by atoms with Crippen molar-refractivity contribution >= 4 is 26.1 Å². The summed E-state index contributed by atoms with van der Waals surface area (Å²) in [6.45, 7) is 0. The Hall–Kier alpha value is -2.09. The van der Waals surface area contributed by atoms with Crippen LogP contribution in [0.1, 0.15) is 17.2 Å². The Bertz CT molecular complexity index is 1010. The third kappa shape index (κ3) is 3.42. The molecular formula is C23H17ClOSe. The summed E-state index contributed by atoms with van der Waals surface area (Å²) in [4.78, 5) is 0. The van der Waals surface area contributed by atoms with Gasteiger partial charge in [-0.1, -0.05) is 0 Å². The van der Waals surface area contributed by atoms with Crippen molar-refractivity contribution in [1.82, 2.24) is 0 Å². The molecule has 3 heteroatoms. The Kier molecular flexibility index (Phi) is 5.10. The third-order valence-electron chi connectivity index (χ3n) is 4.35.